The zero-order chi connectivity index (χ0) is 18.6. The third-order valence-corrected chi connectivity index (χ3v) is 5.26. The summed E-state index contributed by atoms with van der Waals surface area (Å²) in [5.74, 6) is 0.564. The van der Waals surface area contributed by atoms with Gasteiger partial charge in [-0.1, -0.05) is 30.3 Å². The van der Waals surface area contributed by atoms with Crippen molar-refractivity contribution < 1.29 is 9.59 Å². The number of amides is 2. The Morgan fingerprint density at radius 1 is 0.889 bits per heavy atom. The van der Waals surface area contributed by atoms with E-state index in [1.807, 2.05) is 59.5 Å². The molecule has 1 heterocycles. The lowest BCUT2D eigenvalue weighted by molar-refractivity contribution is -0.134. The fourth-order valence-corrected chi connectivity index (χ4v) is 3.46. The average molecular weight is 363 g/mol. The number of benzene rings is 2. The summed E-state index contributed by atoms with van der Waals surface area (Å²) in [5.41, 5.74) is 2.64. The topological polar surface area (TPSA) is 52.7 Å². The Morgan fingerprint density at radius 3 is 2.19 bits per heavy atom. The minimum absolute atomic E-state index is 0.0973. The Hall–Kier alpha value is -2.66. The van der Waals surface area contributed by atoms with Crippen LogP contribution >= 0.6 is 0 Å². The van der Waals surface area contributed by atoms with Crippen molar-refractivity contribution in [2.45, 2.75) is 19.4 Å². The molecule has 1 saturated carbocycles. The van der Waals surface area contributed by atoms with Gasteiger partial charge >= 0.3 is 0 Å². The van der Waals surface area contributed by atoms with Gasteiger partial charge in [-0.15, -0.1) is 0 Å². The van der Waals surface area contributed by atoms with E-state index < -0.39 is 0 Å². The van der Waals surface area contributed by atoms with Gasteiger partial charge in [0.05, 0.1) is 0 Å². The maximum absolute atomic E-state index is 12.3. The highest BCUT2D eigenvalue weighted by Crippen LogP contribution is 2.31. The summed E-state index contributed by atoms with van der Waals surface area (Å²) in [6.45, 7) is 4.33. The molecular formula is C22H25N3O2. The first-order valence-corrected chi connectivity index (χ1v) is 9.65. The molecule has 140 valence electrons. The molecule has 1 saturated heterocycles. The van der Waals surface area contributed by atoms with Crippen LogP contribution < -0.4 is 5.32 Å². The summed E-state index contributed by atoms with van der Waals surface area (Å²) in [5, 5.41) is 2.90. The van der Waals surface area contributed by atoms with E-state index in [1.54, 1.807) is 0 Å². The van der Waals surface area contributed by atoms with Crippen LogP contribution in [0.1, 0.15) is 28.8 Å². The minimum Gasteiger partial charge on any atom is -0.340 e. The lowest BCUT2D eigenvalue weighted by atomic mass is 10.1. The Kier molecular flexibility index (Phi) is 5.21. The summed E-state index contributed by atoms with van der Waals surface area (Å²) in [4.78, 5) is 28.8. The summed E-state index contributed by atoms with van der Waals surface area (Å²) < 4.78 is 0. The molecule has 2 aromatic carbocycles. The first-order valence-electron chi connectivity index (χ1n) is 9.65. The van der Waals surface area contributed by atoms with Crippen LogP contribution in [0.4, 0.5) is 5.69 Å². The van der Waals surface area contributed by atoms with Crippen LogP contribution in [0.5, 0.6) is 0 Å². The number of carbonyl (C=O) groups is 2. The molecule has 2 amide bonds. The zero-order valence-electron chi connectivity index (χ0n) is 15.4. The maximum atomic E-state index is 12.3. The lowest BCUT2D eigenvalue weighted by Crippen LogP contribution is -2.48. The van der Waals surface area contributed by atoms with E-state index >= 15 is 0 Å². The van der Waals surface area contributed by atoms with Gasteiger partial charge in [-0.25, -0.2) is 0 Å². The van der Waals surface area contributed by atoms with Crippen LogP contribution in [0, 0.1) is 5.92 Å². The second-order valence-electron chi connectivity index (χ2n) is 7.39. The van der Waals surface area contributed by atoms with Gasteiger partial charge in [0.25, 0.3) is 5.91 Å². The van der Waals surface area contributed by atoms with Crippen LogP contribution in [-0.2, 0) is 11.3 Å². The van der Waals surface area contributed by atoms with Crippen molar-refractivity contribution in [3.05, 3.63) is 65.7 Å². The summed E-state index contributed by atoms with van der Waals surface area (Å²) >= 11 is 0. The Labute approximate surface area is 160 Å². The fourth-order valence-electron chi connectivity index (χ4n) is 3.46. The molecule has 0 atom stereocenters. The maximum Gasteiger partial charge on any atom is 0.255 e. The Morgan fingerprint density at radius 2 is 1.56 bits per heavy atom. The van der Waals surface area contributed by atoms with Gasteiger partial charge < -0.3 is 10.2 Å². The molecule has 2 aliphatic rings. The highest BCUT2D eigenvalue weighted by Gasteiger charge is 2.34. The van der Waals surface area contributed by atoms with Crippen molar-refractivity contribution in [3.63, 3.8) is 0 Å². The number of piperazine rings is 1. The molecule has 5 heteroatoms. The summed E-state index contributed by atoms with van der Waals surface area (Å²) in [6, 6.07) is 17.3. The predicted octanol–water partition coefficient (Wildman–Crippen LogP) is 2.99. The molecule has 1 N–H and O–H groups in total. The van der Waals surface area contributed by atoms with Crippen molar-refractivity contribution in [1.29, 1.82) is 0 Å². The van der Waals surface area contributed by atoms with E-state index in [-0.39, 0.29) is 5.91 Å². The molecule has 0 aromatic heterocycles. The average Bonchev–Trinajstić information content (AvgIpc) is 3.55. The molecule has 0 radical (unpaired) electrons. The molecule has 1 aliphatic carbocycles. The number of hydrogen-bond acceptors (Lipinski definition) is 3. The highest BCUT2D eigenvalue weighted by molar-refractivity contribution is 6.04. The second-order valence-corrected chi connectivity index (χ2v) is 7.39. The quantitative estimate of drug-likeness (QED) is 0.889. The smallest absolute Gasteiger partial charge is 0.255 e. The molecule has 5 nitrogen and oxygen atoms in total. The van der Waals surface area contributed by atoms with Gasteiger partial charge in [0.2, 0.25) is 5.91 Å². The molecule has 1 aliphatic heterocycles. The van der Waals surface area contributed by atoms with Crippen molar-refractivity contribution in [2.75, 3.05) is 31.5 Å². The number of hydrogen-bond donors (Lipinski definition) is 1. The Bertz CT molecular complexity index is 792. The van der Waals surface area contributed by atoms with E-state index in [2.05, 4.69) is 10.2 Å². The standard InChI is InChI=1S/C22H25N3O2/c26-21(23-20-4-2-1-3-5-20)18-8-6-17(7-9-18)16-24-12-14-25(15-13-24)22(27)19-10-11-19/h1-9,19H,10-16H2,(H,23,26). The second kappa shape index (κ2) is 7.92. The van der Waals surface area contributed by atoms with Crippen LogP contribution in [0.25, 0.3) is 0 Å². The van der Waals surface area contributed by atoms with E-state index in [0.717, 1.165) is 51.3 Å². The number of carbonyl (C=O) groups excluding carboxylic acids is 2. The number of nitrogens with one attached hydrogen (secondary N) is 1. The predicted molar refractivity (Wildman–Crippen MR) is 105 cm³/mol. The number of anilines is 1. The van der Waals surface area contributed by atoms with Crippen molar-refractivity contribution in [1.82, 2.24) is 9.80 Å². The third kappa shape index (κ3) is 4.55. The summed E-state index contributed by atoms with van der Waals surface area (Å²) in [6.07, 6.45) is 2.15. The SMILES string of the molecule is O=C(Nc1ccccc1)c1ccc(CN2CCN(C(=O)C3CC3)CC2)cc1. The Balaban J connectivity index is 1.28. The highest BCUT2D eigenvalue weighted by atomic mass is 16.2. The first kappa shape index (κ1) is 17.7. The monoisotopic (exact) mass is 363 g/mol. The molecule has 4 rings (SSSR count). The molecule has 0 unspecified atom stereocenters. The third-order valence-electron chi connectivity index (χ3n) is 5.26. The summed E-state index contributed by atoms with van der Waals surface area (Å²) in [7, 11) is 0. The van der Waals surface area contributed by atoms with Gasteiger partial charge in [0, 0.05) is 49.9 Å². The van der Waals surface area contributed by atoms with E-state index in [9.17, 15) is 9.59 Å². The minimum atomic E-state index is -0.0973. The van der Waals surface area contributed by atoms with Gasteiger partial charge in [-0.05, 0) is 42.7 Å². The molecule has 2 aromatic rings. The fraction of sp³-hybridized carbons (Fsp3) is 0.364. The van der Waals surface area contributed by atoms with Crippen LogP contribution in [0.3, 0.4) is 0 Å². The van der Waals surface area contributed by atoms with E-state index in [4.69, 9.17) is 0 Å². The molecule has 0 bridgehead atoms. The molecular weight excluding hydrogens is 338 g/mol. The number of nitrogens with zero attached hydrogens (tertiary/aromatic N) is 2. The lowest BCUT2D eigenvalue weighted by Gasteiger charge is -2.35. The van der Waals surface area contributed by atoms with Gasteiger partial charge in [0.1, 0.15) is 0 Å². The number of para-hydroxylation sites is 1. The van der Waals surface area contributed by atoms with E-state index in [1.165, 1.54) is 5.56 Å². The zero-order valence-corrected chi connectivity index (χ0v) is 15.4. The van der Waals surface area contributed by atoms with Gasteiger partial charge in [0.15, 0.2) is 0 Å². The van der Waals surface area contributed by atoms with Crippen LogP contribution in [0.2, 0.25) is 0 Å². The normalized spacial score (nSPS) is 17.6. The van der Waals surface area contributed by atoms with Crippen LogP contribution in [0.15, 0.2) is 54.6 Å². The van der Waals surface area contributed by atoms with Gasteiger partial charge in [-0.3, -0.25) is 14.5 Å². The van der Waals surface area contributed by atoms with Gasteiger partial charge in [-0.2, -0.15) is 0 Å². The van der Waals surface area contributed by atoms with Crippen molar-refractivity contribution >= 4 is 17.5 Å². The molecule has 2 fully saturated rings. The van der Waals surface area contributed by atoms with E-state index in [0.29, 0.717) is 17.4 Å². The van der Waals surface area contributed by atoms with Crippen LogP contribution in [-0.4, -0.2) is 47.8 Å². The molecule has 0 spiro atoms. The number of rotatable bonds is 5. The van der Waals surface area contributed by atoms with Crippen molar-refractivity contribution in [3.8, 4) is 0 Å². The molecule has 27 heavy (non-hydrogen) atoms. The van der Waals surface area contributed by atoms with Crippen molar-refractivity contribution in [2.24, 2.45) is 5.92 Å². The largest absolute Gasteiger partial charge is 0.340 e. The first-order chi connectivity index (χ1) is 13.2.